The van der Waals surface area contributed by atoms with E-state index >= 15 is 0 Å². The molecule has 0 spiro atoms. The topological polar surface area (TPSA) is 135 Å². The number of pyridine rings is 1. The van der Waals surface area contributed by atoms with Gasteiger partial charge in [-0.3, -0.25) is 4.79 Å². The van der Waals surface area contributed by atoms with Crippen molar-refractivity contribution in [2.24, 2.45) is 0 Å². The van der Waals surface area contributed by atoms with E-state index in [9.17, 15) is 24.6 Å². The molecule has 200 valence electrons. The van der Waals surface area contributed by atoms with E-state index in [-0.39, 0.29) is 30.0 Å². The summed E-state index contributed by atoms with van der Waals surface area (Å²) in [5, 5.41) is 19.7. The van der Waals surface area contributed by atoms with Gasteiger partial charge in [0.05, 0.1) is 17.7 Å². The van der Waals surface area contributed by atoms with Crippen LogP contribution in [0.3, 0.4) is 0 Å². The van der Waals surface area contributed by atoms with Crippen LogP contribution in [0.2, 0.25) is 0 Å². The number of rotatable bonds is 9. The molecule has 1 aliphatic heterocycles. The second-order valence-electron chi connectivity index (χ2n) is 9.24. The number of aryl methyl sites for hydroxylation is 1. The molecule has 0 amide bonds. The number of aromatic amines is 1. The molecule has 9 nitrogen and oxygen atoms in total. The molecule has 0 aliphatic carbocycles. The maximum Gasteiger partial charge on any atom is 0.352 e. The van der Waals surface area contributed by atoms with E-state index in [2.05, 4.69) is 4.98 Å². The van der Waals surface area contributed by atoms with Crippen LogP contribution < -0.4 is 19.6 Å². The van der Waals surface area contributed by atoms with Gasteiger partial charge in [0.15, 0.2) is 16.9 Å². The van der Waals surface area contributed by atoms with Crippen molar-refractivity contribution in [3.05, 3.63) is 97.8 Å². The van der Waals surface area contributed by atoms with Gasteiger partial charge in [0, 0.05) is 23.8 Å². The zero-order valence-corrected chi connectivity index (χ0v) is 21.5. The molecule has 1 aromatic heterocycles. The highest BCUT2D eigenvalue weighted by Gasteiger charge is 2.22. The smallest absolute Gasteiger partial charge is 0.352 e. The first-order valence-electron chi connectivity index (χ1n) is 12.6. The molecule has 0 unspecified atom stereocenters. The maximum atomic E-state index is 13.8. The molecule has 0 atom stereocenters. The second kappa shape index (κ2) is 10.5. The third-order valence-corrected chi connectivity index (χ3v) is 6.80. The van der Waals surface area contributed by atoms with Gasteiger partial charge < -0.3 is 29.4 Å². The third kappa shape index (κ3) is 5.03. The molecular weight excluding hydrogens is 502 g/mol. The van der Waals surface area contributed by atoms with Crippen molar-refractivity contribution in [1.29, 1.82) is 0 Å². The molecule has 1 aliphatic rings. The third-order valence-electron chi connectivity index (χ3n) is 6.80. The molecule has 0 bridgehead atoms. The van der Waals surface area contributed by atoms with Gasteiger partial charge in [-0.1, -0.05) is 19.1 Å². The molecule has 0 fully saturated rings. The highest BCUT2D eigenvalue weighted by molar-refractivity contribution is 5.93. The van der Waals surface area contributed by atoms with E-state index in [1.807, 2.05) is 32.0 Å². The summed E-state index contributed by atoms with van der Waals surface area (Å²) in [4.78, 5) is 40.6. The minimum absolute atomic E-state index is 0.0365. The number of nitrogens with one attached hydrogen (secondary N) is 1. The molecule has 5 rings (SSSR count). The van der Waals surface area contributed by atoms with Gasteiger partial charge in [0.1, 0.15) is 11.4 Å². The molecule has 4 aromatic rings. The Morgan fingerprint density at radius 1 is 0.923 bits per heavy atom. The number of carboxylic acids is 2. The Morgan fingerprint density at radius 2 is 1.67 bits per heavy atom. The molecular formula is C30H27NO8. The summed E-state index contributed by atoms with van der Waals surface area (Å²) < 4.78 is 16.9. The lowest BCUT2D eigenvalue weighted by molar-refractivity contribution is 0.0681. The van der Waals surface area contributed by atoms with E-state index in [0.717, 1.165) is 17.5 Å². The standard InChI is InChI=1S/C30H27NO8/c1-3-17-12-24-25(39-15-38-24)13-19(17)10-20-11-21(37-4-2)14-23-26(20)31-27(30(35)36)22(28(23)32)9-16-6-5-7-18(8-16)29(33)34/h5-8,11-14H,3-4,9-10,15H2,1-2H3,(H,31,32)(H,33,34)(H,35,36). The Bertz CT molecular complexity index is 1670. The van der Waals surface area contributed by atoms with Gasteiger partial charge in [0.2, 0.25) is 6.79 Å². The van der Waals surface area contributed by atoms with Crippen LogP contribution in [0.15, 0.2) is 53.3 Å². The first kappa shape index (κ1) is 25.8. The van der Waals surface area contributed by atoms with Crippen molar-refractivity contribution in [2.75, 3.05) is 13.4 Å². The van der Waals surface area contributed by atoms with Crippen LogP contribution in [0.1, 0.15) is 62.5 Å². The number of ether oxygens (including phenoxy) is 3. The Hall–Kier alpha value is -4.79. The maximum absolute atomic E-state index is 13.8. The van der Waals surface area contributed by atoms with Crippen LogP contribution in [-0.4, -0.2) is 40.5 Å². The van der Waals surface area contributed by atoms with Crippen LogP contribution in [0.4, 0.5) is 0 Å². The van der Waals surface area contributed by atoms with Gasteiger partial charge in [-0.15, -0.1) is 0 Å². The second-order valence-corrected chi connectivity index (χ2v) is 9.24. The SMILES string of the molecule is CCOc1cc(Cc2cc3c(cc2CC)OCO3)c2[nH]c(C(=O)O)c(Cc3cccc(C(=O)O)c3)c(=O)c2c1. The summed E-state index contributed by atoms with van der Waals surface area (Å²) in [6.45, 7) is 4.41. The first-order valence-corrected chi connectivity index (χ1v) is 12.6. The number of carbonyl (C=O) groups is 2. The van der Waals surface area contributed by atoms with E-state index in [1.54, 1.807) is 18.2 Å². The lowest BCUT2D eigenvalue weighted by Gasteiger charge is -2.16. The first-order chi connectivity index (χ1) is 18.8. The average molecular weight is 530 g/mol. The number of H-pyrrole nitrogens is 1. The summed E-state index contributed by atoms with van der Waals surface area (Å²) >= 11 is 0. The highest BCUT2D eigenvalue weighted by atomic mass is 16.7. The molecule has 39 heavy (non-hydrogen) atoms. The van der Waals surface area contributed by atoms with Crippen molar-refractivity contribution >= 4 is 22.8 Å². The van der Waals surface area contributed by atoms with Gasteiger partial charge >= 0.3 is 11.9 Å². The van der Waals surface area contributed by atoms with Gasteiger partial charge in [-0.2, -0.15) is 0 Å². The van der Waals surface area contributed by atoms with Gasteiger partial charge in [-0.25, -0.2) is 9.59 Å². The largest absolute Gasteiger partial charge is 0.494 e. The van der Waals surface area contributed by atoms with E-state index in [0.29, 0.717) is 52.3 Å². The predicted molar refractivity (Wildman–Crippen MR) is 144 cm³/mol. The number of aromatic nitrogens is 1. The molecule has 2 heterocycles. The van der Waals surface area contributed by atoms with Gasteiger partial charge in [-0.05, 0) is 72.0 Å². The van der Waals surface area contributed by atoms with Crippen LogP contribution in [0.25, 0.3) is 10.9 Å². The van der Waals surface area contributed by atoms with Crippen LogP contribution >= 0.6 is 0 Å². The van der Waals surface area contributed by atoms with E-state index < -0.39 is 17.4 Å². The molecule has 9 heteroatoms. The fourth-order valence-electron chi connectivity index (χ4n) is 4.96. The minimum atomic E-state index is -1.28. The molecule has 0 saturated heterocycles. The molecule has 3 N–H and O–H groups in total. The fraction of sp³-hybridized carbons (Fsp3) is 0.233. The van der Waals surface area contributed by atoms with Crippen molar-refractivity contribution in [3.63, 3.8) is 0 Å². The number of aromatic carboxylic acids is 2. The monoisotopic (exact) mass is 529 g/mol. The van der Waals surface area contributed by atoms with Crippen LogP contribution in [0.5, 0.6) is 17.2 Å². The number of carboxylic acid groups (broad SMARTS) is 2. The zero-order valence-electron chi connectivity index (χ0n) is 21.5. The lowest BCUT2D eigenvalue weighted by atomic mass is 9.94. The quantitative estimate of drug-likeness (QED) is 0.282. The normalized spacial score (nSPS) is 12.1. The Labute approximate surface area is 223 Å². The van der Waals surface area contributed by atoms with Crippen LogP contribution in [-0.2, 0) is 19.3 Å². The molecule has 3 aromatic carbocycles. The zero-order chi connectivity index (χ0) is 27.7. The van der Waals surface area contributed by atoms with Crippen molar-refractivity contribution in [2.45, 2.75) is 33.1 Å². The minimum Gasteiger partial charge on any atom is -0.494 e. The number of benzene rings is 3. The van der Waals surface area contributed by atoms with Crippen molar-refractivity contribution < 1.29 is 34.0 Å². The van der Waals surface area contributed by atoms with Gasteiger partial charge in [0.25, 0.3) is 0 Å². The number of hydrogen-bond donors (Lipinski definition) is 3. The Balaban J connectivity index is 1.68. The summed E-state index contributed by atoms with van der Waals surface area (Å²) in [7, 11) is 0. The predicted octanol–water partition coefficient (Wildman–Crippen LogP) is 4.80. The summed E-state index contributed by atoms with van der Waals surface area (Å²) in [5.41, 5.74) is 3.02. The summed E-state index contributed by atoms with van der Waals surface area (Å²) in [6, 6.07) is 13.4. The summed E-state index contributed by atoms with van der Waals surface area (Å²) in [5.74, 6) is -0.579. The van der Waals surface area contributed by atoms with Crippen molar-refractivity contribution in [3.8, 4) is 17.2 Å². The Morgan fingerprint density at radius 3 is 2.33 bits per heavy atom. The number of hydrogen-bond acceptors (Lipinski definition) is 6. The van der Waals surface area contributed by atoms with Crippen molar-refractivity contribution in [1.82, 2.24) is 4.98 Å². The van der Waals surface area contributed by atoms with E-state index in [4.69, 9.17) is 14.2 Å². The summed E-state index contributed by atoms with van der Waals surface area (Å²) in [6.07, 6.45) is 1.09. The average Bonchev–Trinajstić information content (AvgIpc) is 3.37. The lowest BCUT2D eigenvalue weighted by Crippen LogP contribution is -2.20. The van der Waals surface area contributed by atoms with Crippen LogP contribution in [0, 0.1) is 0 Å². The fourth-order valence-corrected chi connectivity index (χ4v) is 4.96. The molecule has 0 radical (unpaired) electrons. The highest BCUT2D eigenvalue weighted by Crippen LogP contribution is 2.37. The Kier molecular flexibility index (Phi) is 6.98. The van der Waals surface area contributed by atoms with E-state index in [1.165, 1.54) is 12.1 Å². The molecule has 0 saturated carbocycles. The number of fused-ring (bicyclic) bond motifs is 2.